The maximum absolute atomic E-state index is 13.1. The number of ether oxygens (including phenoxy) is 1. The molecule has 3 heterocycles. The van der Waals surface area contributed by atoms with Gasteiger partial charge in [0.15, 0.2) is 0 Å². The molecule has 35 heavy (non-hydrogen) atoms. The summed E-state index contributed by atoms with van der Waals surface area (Å²) in [5, 5.41) is 7.62. The van der Waals surface area contributed by atoms with Gasteiger partial charge in [-0.25, -0.2) is 0 Å². The molecule has 5 rings (SSSR count). The van der Waals surface area contributed by atoms with E-state index in [9.17, 15) is 9.59 Å². The summed E-state index contributed by atoms with van der Waals surface area (Å²) in [6.45, 7) is 0.218. The van der Waals surface area contributed by atoms with Crippen LogP contribution in [-0.2, 0) is 17.9 Å². The lowest BCUT2D eigenvalue weighted by Gasteiger charge is -2.12. The number of amides is 1. The summed E-state index contributed by atoms with van der Waals surface area (Å²) in [4.78, 5) is 34.2. The summed E-state index contributed by atoms with van der Waals surface area (Å²) >= 11 is 0. The van der Waals surface area contributed by atoms with Crippen LogP contribution >= 0.6 is 0 Å². The zero-order valence-corrected chi connectivity index (χ0v) is 18.8. The molecule has 0 aliphatic heterocycles. The van der Waals surface area contributed by atoms with Crippen molar-refractivity contribution in [3.63, 3.8) is 0 Å². The number of hydrogen-bond donors (Lipinski definition) is 1. The Morgan fingerprint density at radius 2 is 1.83 bits per heavy atom. The van der Waals surface area contributed by atoms with E-state index in [0.29, 0.717) is 23.4 Å². The summed E-state index contributed by atoms with van der Waals surface area (Å²) in [6.07, 6.45) is 3.28. The second kappa shape index (κ2) is 9.60. The molecule has 0 saturated heterocycles. The van der Waals surface area contributed by atoms with Crippen LogP contribution in [0.25, 0.3) is 33.7 Å². The number of carbonyl (C=O) groups excluding carboxylic acids is 1. The predicted molar refractivity (Wildman–Crippen MR) is 130 cm³/mol. The van der Waals surface area contributed by atoms with Gasteiger partial charge in [-0.3, -0.25) is 19.1 Å². The molecular weight excluding hydrogens is 446 g/mol. The van der Waals surface area contributed by atoms with Crippen molar-refractivity contribution in [3.05, 3.63) is 95.0 Å². The van der Waals surface area contributed by atoms with Crippen LogP contribution in [0.3, 0.4) is 0 Å². The Hall–Kier alpha value is -4.79. The van der Waals surface area contributed by atoms with E-state index < -0.39 is 0 Å². The van der Waals surface area contributed by atoms with Crippen LogP contribution in [-0.4, -0.2) is 32.7 Å². The van der Waals surface area contributed by atoms with Crippen LogP contribution in [0.4, 0.5) is 0 Å². The van der Waals surface area contributed by atoms with Crippen molar-refractivity contribution in [1.82, 2.24) is 25.0 Å². The number of benzene rings is 2. The van der Waals surface area contributed by atoms with E-state index in [0.717, 1.165) is 22.3 Å². The third-order valence-corrected chi connectivity index (χ3v) is 5.56. The quantitative estimate of drug-likeness (QED) is 0.390. The first-order valence-electron chi connectivity index (χ1n) is 10.9. The Bertz CT molecular complexity index is 1540. The predicted octanol–water partition coefficient (Wildman–Crippen LogP) is 3.44. The van der Waals surface area contributed by atoms with Gasteiger partial charge in [0.1, 0.15) is 12.3 Å². The van der Waals surface area contributed by atoms with Crippen molar-refractivity contribution in [2.24, 2.45) is 0 Å². The van der Waals surface area contributed by atoms with Crippen LogP contribution in [0, 0.1) is 0 Å². The van der Waals surface area contributed by atoms with Crippen LogP contribution in [0.1, 0.15) is 5.56 Å². The fourth-order valence-electron chi connectivity index (χ4n) is 3.77. The van der Waals surface area contributed by atoms with E-state index in [1.165, 1.54) is 10.6 Å². The number of aromatic nitrogens is 4. The zero-order chi connectivity index (χ0) is 24.2. The fourth-order valence-corrected chi connectivity index (χ4v) is 3.77. The van der Waals surface area contributed by atoms with E-state index in [1.54, 1.807) is 37.7 Å². The lowest BCUT2D eigenvalue weighted by molar-refractivity contribution is -0.121. The highest BCUT2D eigenvalue weighted by Crippen LogP contribution is 2.27. The molecule has 5 aromatic rings. The number of pyridine rings is 2. The van der Waals surface area contributed by atoms with E-state index in [2.05, 4.69) is 20.4 Å². The van der Waals surface area contributed by atoms with Gasteiger partial charge in [0, 0.05) is 36.0 Å². The third kappa shape index (κ3) is 4.65. The van der Waals surface area contributed by atoms with Crippen molar-refractivity contribution in [2.45, 2.75) is 13.1 Å². The van der Waals surface area contributed by atoms with Crippen LogP contribution < -0.4 is 15.6 Å². The van der Waals surface area contributed by atoms with E-state index in [1.807, 2.05) is 42.5 Å². The van der Waals surface area contributed by atoms with Gasteiger partial charge in [-0.15, -0.1) is 0 Å². The highest BCUT2D eigenvalue weighted by atomic mass is 16.5. The number of hydrogen-bond acceptors (Lipinski definition) is 7. The Morgan fingerprint density at radius 1 is 1.06 bits per heavy atom. The maximum atomic E-state index is 13.1. The maximum Gasteiger partial charge on any atom is 0.259 e. The number of nitrogens with one attached hydrogen (secondary N) is 1. The molecule has 1 amide bonds. The largest absolute Gasteiger partial charge is 0.497 e. The van der Waals surface area contributed by atoms with Crippen LogP contribution in [0.2, 0.25) is 0 Å². The van der Waals surface area contributed by atoms with Gasteiger partial charge < -0.3 is 14.6 Å². The molecule has 0 aliphatic carbocycles. The number of fused-ring (bicyclic) bond motifs is 1. The van der Waals surface area contributed by atoms with Gasteiger partial charge in [-0.05, 0) is 35.9 Å². The van der Waals surface area contributed by atoms with Crippen molar-refractivity contribution in [2.75, 3.05) is 7.11 Å². The average Bonchev–Trinajstić information content (AvgIpc) is 3.40. The molecule has 0 saturated carbocycles. The van der Waals surface area contributed by atoms with Gasteiger partial charge in [0.2, 0.25) is 11.7 Å². The first-order valence-corrected chi connectivity index (χ1v) is 10.9. The molecule has 9 nitrogen and oxygen atoms in total. The number of methoxy groups -OCH3 is 1. The van der Waals surface area contributed by atoms with Crippen LogP contribution in [0.15, 0.2) is 88.4 Å². The topological polar surface area (TPSA) is 112 Å². The highest BCUT2D eigenvalue weighted by Gasteiger charge is 2.17. The Morgan fingerprint density at radius 3 is 2.60 bits per heavy atom. The fraction of sp³-hybridized carbons (Fsp3) is 0.115. The second-order valence-corrected chi connectivity index (χ2v) is 7.78. The summed E-state index contributed by atoms with van der Waals surface area (Å²) in [5.41, 5.74) is 2.43. The normalized spacial score (nSPS) is 10.9. The van der Waals surface area contributed by atoms with Gasteiger partial charge in [0.25, 0.3) is 11.4 Å². The van der Waals surface area contributed by atoms with E-state index >= 15 is 0 Å². The molecule has 0 bridgehead atoms. The Balaban J connectivity index is 1.41. The second-order valence-electron chi connectivity index (χ2n) is 7.78. The molecule has 0 radical (unpaired) electrons. The monoisotopic (exact) mass is 467 g/mol. The van der Waals surface area contributed by atoms with E-state index in [-0.39, 0.29) is 23.9 Å². The summed E-state index contributed by atoms with van der Waals surface area (Å²) in [5.74, 6) is 1.08. The molecule has 1 N–H and O–H groups in total. The van der Waals surface area contributed by atoms with Gasteiger partial charge >= 0.3 is 0 Å². The summed E-state index contributed by atoms with van der Waals surface area (Å²) in [7, 11) is 1.60. The van der Waals surface area contributed by atoms with Gasteiger partial charge in [-0.2, -0.15) is 4.98 Å². The minimum absolute atomic E-state index is 0.123. The average molecular weight is 467 g/mol. The summed E-state index contributed by atoms with van der Waals surface area (Å²) < 4.78 is 12.1. The van der Waals surface area contributed by atoms with Crippen molar-refractivity contribution in [1.29, 1.82) is 0 Å². The zero-order valence-electron chi connectivity index (χ0n) is 18.8. The minimum Gasteiger partial charge on any atom is -0.497 e. The lowest BCUT2D eigenvalue weighted by atomic mass is 10.1. The van der Waals surface area contributed by atoms with Crippen molar-refractivity contribution >= 4 is 16.8 Å². The van der Waals surface area contributed by atoms with Gasteiger partial charge in [0.05, 0.1) is 18.2 Å². The first kappa shape index (κ1) is 22.0. The van der Waals surface area contributed by atoms with Crippen LogP contribution in [0.5, 0.6) is 5.75 Å². The number of rotatable bonds is 7. The molecule has 0 atom stereocenters. The standard InChI is InChI=1S/C26H21N5O4/c1-34-19-8-6-17(7-9-19)15-28-23(32)16-31-22-5-3-2-4-20(22)21(14-24(31)33)26-29-25(30-35-26)18-10-12-27-13-11-18/h2-14H,15-16H2,1H3,(H,28,32). The number of nitrogens with zero attached hydrogens (tertiary/aromatic N) is 4. The van der Waals surface area contributed by atoms with Crippen molar-refractivity contribution < 1.29 is 14.1 Å². The number of para-hydroxylation sites is 1. The molecule has 174 valence electrons. The number of carbonyl (C=O) groups is 1. The first-order chi connectivity index (χ1) is 17.1. The summed E-state index contributed by atoms with van der Waals surface area (Å²) in [6, 6.07) is 19.7. The highest BCUT2D eigenvalue weighted by molar-refractivity contribution is 5.93. The molecule has 3 aromatic heterocycles. The Labute approximate surface area is 200 Å². The molecule has 0 aliphatic rings. The molecule has 0 spiro atoms. The lowest BCUT2D eigenvalue weighted by Crippen LogP contribution is -2.32. The minimum atomic E-state index is -0.345. The smallest absolute Gasteiger partial charge is 0.259 e. The Kier molecular flexibility index (Phi) is 6.04. The van der Waals surface area contributed by atoms with Gasteiger partial charge in [-0.1, -0.05) is 35.5 Å². The molecular formula is C26H21N5O4. The van der Waals surface area contributed by atoms with Crippen molar-refractivity contribution in [3.8, 4) is 28.6 Å². The third-order valence-electron chi connectivity index (χ3n) is 5.56. The molecule has 2 aromatic carbocycles. The SMILES string of the molecule is COc1ccc(CNC(=O)Cn2c(=O)cc(-c3nc(-c4ccncc4)no3)c3ccccc32)cc1. The molecule has 0 fully saturated rings. The van der Waals surface area contributed by atoms with E-state index in [4.69, 9.17) is 9.26 Å². The molecule has 9 heteroatoms. The molecule has 0 unspecified atom stereocenters.